The van der Waals surface area contributed by atoms with E-state index in [1.807, 2.05) is 0 Å². The first-order chi connectivity index (χ1) is 13.9. The third kappa shape index (κ3) is 2.18. The molecule has 5 rings (SSSR count). The minimum Gasteiger partial charge on any atom is -0.396 e. The Morgan fingerprint density at radius 2 is 1.60 bits per heavy atom. The fraction of sp³-hybridized carbons (Fsp3) is 1.00. The van der Waals surface area contributed by atoms with Crippen LogP contribution >= 0.6 is 0 Å². The highest BCUT2D eigenvalue weighted by molar-refractivity contribution is 5.31. The van der Waals surface area contributed by atoms with E-state index >= 15 is 0 Å². The molecule has 4 N–H and O–H groups in total. The van der Waals surface area contributed by atoms with Crippen LogP contribution in [0.4, 0.5) is 0 Å². The van der Waals surface area contributed by atoms with Crippen LogP contribution in [0.1, 0.15) is 79.1 Å². The van der Waals surface area contributed by atoms with Crippen LogP contribution in [0.3, 0.4) is 0 Å². The van der Waals surface area contributed by atoms with Gasteiger partial charge in [0, 0.05) is 23.4 Å². The van der Waals surface area contributed by atoms with E-state index in [1.165, 1.54) is 38.5 Å². The van der Waals surface area contributed by atoms with E-state index in [9.17, 15) is 10.2 Å². The molecule has 5 aliphatic carbocycles. The van der Waals surface area contributed by atoms with Crippen molar-refractivity contribution >= 4 is 0 Å². The first kappa shape index (κ1) is 21.7. The Morgan fingerprint density at radius 3 is 2.23 bits per heavy atom. The first-order valence-corrected chi connectivity index (χ1v) is 12.6. The van der Waals surface area contributed by atoms with Crippen molar-refractivity contribution in [2.45, 2.75) is 97.2 Å². The molecule has 172 valence electrons. The van der Waals surface area contributed by atoms with Crippen LogP contribution in [0.15, 0.2) is 0 Å². The maximum Gasteiger partial charge on any atom is 0.0594 e. The van der Waals surface area contributed by atoms with Crippen molar-refractivity contribution in [1.29, 1.82) is 0 Å². The van der Waals surface area contributed by atoms with Crippen molar-refractivity contribution in [2.24, 2.45) is 50.6 Å². The molecule has 30 heavy (non-hydrogen) atoms. The maximum absolute atomic E-state index is 11.4. The number of rotatable bonds is 3. The van der Waals surface area contributed by atoms with E-state index < -0.39 is 0 Å². The van der Waals surface area contributed by atoms with E-state index in [-0.39, 0.29) is 35.0 Å². The Hall–Kier alpha value is -0.160. The highest BCUT2D eigenvalue weighted by atomic mass is 16.3. The molecular formula is C26H46N2O2. The number of hydrogen-bond acceptors (Lipinski definition) is 4. The van der Waals surface area contributed by atoms with Crippen LogP contribution in [-0.4, -0.2) is 54.0 Å². The Balaban J connectivity index is 1.53. The molecule has 5 aliphatic rings. The summed E-state index contributed by atoms with van der Waals surface area (Å²) in [6, 6.07) is 0.533. The molecule has 5 saturated carbocycles. The van der Waals surface area contributed by atoms with Crippen LogP contribution in [0.2, 0.25) is 0 Å². The summed E-state index contributed by atoms with van der Waals surface area (Å²) in [5, 5.41) is 21.8. The van der Waals surface area contributed by atoms with Gasteiger partial charge in [0.15, 0.2) is 0 Å². The molecule has 5 fully saturated rings. The third-order valence-corrected chi connectivity index (χ3v) is 12.7. The smallest absolute Gasteiger partial charge is 0.0594 e. The number of nitrogens with zero attached hydrogens (tertiary/aromatic N) is 1. The van der Waals surface area contributed by atoms with E-state index in [0.29, 0.717) is 34.6 Å². The lowest BCUT2D eigenvalue weighted by Gasteiger charge is -2.63. The number of fused-ring (bicyclic) bond motifs is 2. The van der Waals surface area contributed by atoms with Gasteiger partial charge in [0.05, 0.1) is 12.7 Å². The van der Waals surface area contributed by atoms with Gasteiger partial charge in [-0.05, 0) is 106 Å². The van der Waals surface area contributed by atoms with Crippen molar-refractivity contribution in [3.63, 3.8) is 0 Å². The molecule has 0 aromatic heterocycles. The number of aliphatic hydroxyl groups excluding tert-OH is 2. The summed E-state index contributed by atoms with van der Waals surface area (Å²) in [7, 11) is 4.34. The highest BCUT2D eigenvalue weighted by Gasteiger charge is 2.83. The molecule has 0 bridgehead atoms. The third-order valence-electron chi connectivity index (χ3n) is 12.7. The van der Waals surface area contributed by atoms with Crippen LogP contribution < -0.4 is 5.73 Å². The molecule has 0 heterocycles. The number of nitrogens with two attached hydrogens (primary N) is 1. The molecule has 4 heteroatoms. The fourth-order valence-electron chi connectivity index (χ4n) is 10.7. The lowest BCUT2D eigenvalue weighted by Crippen LogP contribution is -2.60. The van der Waals surface area contributed by atoms with Gasteiger partial charge in [-0.15, -0.1) is 0 Å². The predicted octanol–water partition coefficient (Wildman–Crippen LogP) is 3.65. The Morgan fingerprint density at radius 1 is 0.967 bits per heavy atom. The van der Waals surface area contributed by atoms with Crippen LogP contribution in [0.25, 0.3) is 0 Å². The molecule has 0 amide bonds. The van der Waals surface area contributed by atoms with Gasteiger partial charge in [-0.25, -0.2) is 0 Å². The van der Waals surface area contributed by atoms with Crippen LogP contribution in [0.5, 0.6) is 0 Å². The fourth-order valence-corrected chi connectivity index (χ4v) is 10.7. The van der Waals surface area contributed by atoms with Gasteiger partial charge in [-0.2, -0.15) is 0 Å². The Labute approximate surface area is 184 Å². The minimum absolute atomic E-state index is 0.120. The van der Waals surface area contributed by atoms with Crippen molar-refractivity contribution in [1.82, 2.24) is 4.90 Å². The van der Waals surface area contributed by atoms with Gasteiger partial charge < -0.3 is 20.8 Å². The van der Waals surface area contributed by atoms with E-state index in [1.54, 1.807) is 0 Å². The Kier molecular flexibility index (Phi) is 4.51. The molecule has 11 atom stereocenters. The SMILES string of the molecule is C[C@@H]([C@H]1[C@H](O)C[C@@]2(C)[C@@H]3CC[C@H]4[C@](C)(CO)[C@@H](N)CC[C@@]45C[C@@]35CC[C@]12C)N(C)C. The summed E-state index contributed by atoms with van der Waals surface area (Å²) in [4.78, 5) is 2.32. The first-order valence-electron chi connectivity index (χ1n) is 12.6. The molecule has 0 aliphatic heterocycles. The van der Waals surface area contributed by atoms with Crippen molar-refractivity contribution in [3.05, 3.63) is 0 Å². The number of aliphatic hydroxyl groups is 2. The standard InChI is InChI=1S/C26H46N2O2/c1-16(28(5)6)21-17(30)13-24(4)19-8-7-18-22(2,15-29)20(27)9-10-25(18)14-26(19,25)12-11-23(21,24)3/h16-21,29-30H,7-15,27H2,1-6H3/t16-,17+,18-,19-,20-,21-,22-,23+,24-,25+,26-/m0/s1. The largest absolute Gasteiger partial charge is 0.396 e. The highest BCUT2D eigenvalue weighted by Crippen LogP contribution is 2.88. The van der Waals surface area contributed by atoms with E-state index in [0.717, 1.165) is 12.8 Å². The van der Waals surface area contributed by atoms with Crippen molar-refractivity contribution in [3.8, 4) is 0 Å². The van der Waals surface area contributed by atoms with E-state index in [2.05, 4.69) is 46.7 Å². The van der Waals surface area contributed by atoms with Crippen LogP contribution in [0, 0.1) is 44.8 Å². The summed E-state index contributed by atoms with van der Waals surface area (Å²) in [6.07, 6.45) is 9.50. The lowest BCUT2D eigenvalue weighted by atomic mass is 9.41. The van der Waals surface area contributed by atoms with Gasteiger partial charge >= 0.3 is 0 Å². The summed E-state index contributed by atoms with van der Waals surface area (Å²) in [5.41, 5.74) is 7.75. The molecule has 0 aromatic rings. The molecule has 0 saturated heterocycles. The van der Waals surface area contributed by atoms with Gasteiger partial charge in [-0.1, -0.05) is 20.8 Å². The monoisotopic (exact) mass is 418 g/mol. The summed E-state index contributed by atoms with van der Waals surface area (Å²) in [6.45, 7) is 9.91. The molecule has 0 aromatic carbocycles. The molecule has 0 radical (unpaired) electrons. The normalized spacial score (nSPS) is 60.4. The zero-order valence-electron chi connectivity index (χ0n) is 20.2. The summed E-state index contributed by atoms with van der Waals surface area (Å²) >= 11 is 0. The quantitative estimate of drug-likeness (QED) is 0.654. The van der Waals surface area contributed by atoms with Crippen molar-refractivity contribution < 1.29 is 10.2 Å². The molecule has 4 nitrogen and oxygen atoms in total. The summed E-state index contributed by atoms with van der Waals surface area (Å²) in [5.74, 6) is 1.64. The average molecular weight is 419 g/mol. The van der Waals surface area contributed by atoms with Gasteiger partial charge in [0.1, 0.15) is 0 Å². The second-order valence-electron chi connectivity index (χ2n) is 13.3. The maximum atomic E-state index is 11.4. The topological polar surface area (TPSA) is 69.7 Å². The zero-order valence-corrected chi connectivity index (χ0v) is 20.2. The van der Waals surface area contributed by atoms with Crippen LogP contribution in [-0.2, 0) is 0 Å². The molecule has 0 unspecified atom stereocenters. The zero-order chi connectivity index (χ0) is 21.9. The van der Waals surface area contributed by atoms with Crippen molar-refractivity contribution in [2.75, 3.05) is 20.7 Å². The lowest BCUT2D eigenvalue weighted by molar-refractivity contribution is -0.153. The van der Waals surface area contributed by atoms with Gasteiger partial charge in [-0.3, -0.25) is 0 Å². The minimum atomic E-state index is -0.192. The predicted molar refractivity (Wildman–Crippen MR) is 121 cm³/mol. The molecular weight excluding hydrogens is 372 g/mol. The second-order valence-corrected chi connectivity index (χ2v) is 13.3. The van der Waals surface area contributed by atoms with Gasteiger partial charge in [0.2, 0.25) is 0 Å². The Bertz CT molecular complexity index is 728. The van der Waals surface area contributed by atoms with E-state index in [4.69, 9.17) is 5.73 Å². The molecule has 2 spiro atoms. The average Bonchev–Trinajstić information content (AvgIpc) is 3.30. The number of hydrogen-bond donors (Lipinski definition) is 3. The summed E-state index contributed by atoms with van der Waals surface area (Å²) < 4.78 is 0. The van der Waals surface area contributed by atoms with Gasteiger partial charge in [0.25, 0.3) is 0 Å². The second kappa shape index (κ2) is 6.24.